The minimum absolute atomic E-state index is 0. The predicted molar refractivity (Wildman–Crippen MR) is 107 cm³/mol. The van der Waals surface area contributed by atoms with Crippen molar-refractivity contribution in [2.45, 2.75) is 16.5 Å². The number of carbonyl (C=O) groups excluding carboxylic acids is 1. The fourth-order valence-electron chi connectivity index (χ4n) is 2.05. The van der Waals surface area contributed by atoms with Gasteiger partial charge in [-0.15, -0.1) is 0 Å². The third-order valence-corrected chi connectivity index (χ3v) is 4.42. The number of carbonyl (C=O) groups is 1. The van der Waals surface area contributed by atoms with E-state index < -0.39 is 20.8 Å². The van der Waals surface area contributed by atoms with Crippen molar-refractivity contribution in [3.8, 4) is 0 Å². The SMILES string of the molecule is O.O=C(NC(NCc1ccccc1Cl)C(Cl)(Cl)Cl)c1ccc([N+](=O)[O-])cc1. The zero-order valence-corrected chi connectivity index (χ0v) is 16.6. The Morgan fingerprint density at radius 1 is 1.11 bits per heavy atom. The first-order chi connectivity index (χ1) is 12.2. The van der Waals surface area contributed by atoms with E-state index in [0.717, 1.165) is 5.56 Å². The summed E-state index contributed by atoms with van der Waals surface area (Å²) in [5, 5.41) is 16.7. The van der Waals surface area contributed by atoms with E-state index in [9.17, 15) is 14.9 Å². The Kier molecular flexibility index (Phi) is 8.74. The maximum Gasteiger partial charge on any atom is 0.269 e. The number of nitro benzene ring substituents is 1. The summed E-state index contributed by atoms with van der Waals surface area (Å²) in [5.74, 6) is -0.553. The molecule has 0 aliphatic heterocycles. The minimum atomic E-state index is -1.84. The maximum absolute atomic E-state index is 12.3. The molecule has 0 spiro atoms. The van der Waals surface area contributed by atoms with Crippen LogP contribution in [0.4, 0.5) is 5.69 Å². The lowest BCUT2D eigenvalue weighted by molar-refractivity contribution is -0.384. The molecule has 1 amide bonds. The molecule has 11 heteroatoms. The van der Waals surface area contributed by atoms with Gasteiger partial charge in [-0.2, -0.15) is 0 Å². The highest BCUT2D eigenvalue weighted by atomic mass is 35.6. The van der Waals surface area contributed by atoms with E-state index in [-0.39, 0.29) is 23.3 Å². The summed E-state index contributed by atoms with van der Waals surface area (Å²) in [5.41, 5.74) is 0.823. The van der Waals surface area contributed by atoms with Crippen LogP contribution in [0.5, 0.6) is 0 Å². The molecule has 27 heavy (non-hydrogen) atoms. The molecule has 7 nitrogen and oxygen atoms in total. The van der Waals surface area contributed by atoms with E-state index in [4.69, 9.17) is 46.4 Å². The van der Waals surface area contributed by atoms with Crippen LogP contribution in [-0.2, 0) is 6.54 Å². The van der Waals surface area contributed by atoms with E-state index in [1.54, 1.807) is 18.2 Å². The second kappa shape index (κ2) is 10.1. The van der Waals surface area contributed by atoms with Crippen molar-refractivity contribution in [2.24, 2.45) is 0 Å². The van der Waals surface area contributed by atoms with Crippen molar-refractivity contribution in [3.63, 3.8) is 0 Å². The van der Waals surface area contributed by atoms with Crippen LogP contribution < -0.4 is 10.6 Å². The lowest BCUT2D eigenvalue weighted by Crippen LogP contribution is -2.53. The summed E-state index contributed by atoms with van der Waals surface area (Å²) in [7, 11) is 0. The molecule has 0 saturated heterocycles. The summed E-state index contributed by atoms with van der Waals surface area (Å²) in [6.07, 6.45) is -1.02. The molecule has 146 valence electrons. The van der Waals surface area contributed by atoms with Gasteiger partial charge >= 0.3 is 0 Å². The number of nitrogens with one attached hydrogen (secondary N) is 2. The lowest BCUT2D eigenvalue weighted by Gasteiger charge is -2.27. The van der Waals surface area contributed by atoms with Crippen molar-refractivity contribution in [3.05, 3.63) is 74.8 Å². The van der Waals surface area contributed by atoms with E-state index in [2.05, 4.69) is 10.6 Å². The molecule has 0 aliphatic carbocycles. The molecule has 0 heterocycles. The second-order valence-corrected chi connectivity index (χ2v) is 8.00. The van der Waals surface area contributed by atoms with Crippen LogP contribution in [0.1, 0.15) is 15.9 Å². The van der Waals surface area contributed by atoms with Gasteiger partial charge in [0, 0.05) is 29.3 Å². The van der Waals surface area contributed by atoms with Crippen LogP contribution in [0.3, 0.4) is 0 Å². The summed E-state index contributed by atoms with van der Waals surface area (Å²) in [4.78, 5) is 22.5. The highest BCUT2D eigenvalue weighted by Gasteiger charge is 2.34. The normalized spacial score (nSPS) is 12.0. The van der Waals surface area contributed by atoms with Gasteiger partial charge in [0.1, 0.15) is 6.17 Å². The van der Waals surface area contributed by atoms with Gasteiger partial charge in [0.05, 0.1) is 4.92 Å². The van der Waals surface area contributed by atoms with Gasteiger partial charge in [-0.3, -0.25) is 20.2 Å². The quantitative estimate of drug-likeness (QED) is 0.300. The lowest BCUT2D eigenvalue weighted by atomic mass is 10.2. The fraction of sp³-hybridized carbons (Fsp3) is 0.188. The number of hydrogen-bond donors (Lipinski definition) is 2. The van der Waals surface area contributed by atoms with E-state index in [1.807, 2.05) is 6.07 Å². The molecule has 2 rings (SSSR count). The van der Waals surface area contributed by atoms with Crippen LogP contribution in [-0.4, -0.2) is 26.3 Å². The summed E-state index contributed by atoms with van der Waals surface area (Å²) < 4.78 is -1.84. The average Bonchev–Trinajstić information content (AvgIpc) is 2.58. The van der Waals surface area contributed by atoms with Crippen molar-refractivity contribution in [1.82, 2.24) is 10.6 Å². The number of amides is 1. The van der Waals surface area contributed by atoms with Gasteiger partial charge in [0.15, 0.2) is 0 Å². The standard InChI is InChI=1S/C16H13Cl4N3O3.H2O/c17-13-4-2-1-3-11(13)9-21-15(16(18,19)20)22-14(24)10-5-7-12(8-6-10)23(25)26;/h1-8,15,21H,9H2,(H,22,24);1H2. The largest absolute Gasteiger partial charge is 0.412 e. The molecule has 2 aromatic rings. The first-order valence-corrected chi connectivity index (χ1v) is 8.78. The molecular formula is C16H15Cl4N3O4. The molecule has 0 saturated carbocycles. The summed E-state index contributed by atoms with van der Waals surface area (Å²) in [6, 6.07) is 12.2. The first kappa shape index (κ1) is 23.4. The summed E-state index contributed by atoms with van der Waals surface area (Å²) in [6.45, 7) is 0.249. The van der Waals surface area contributed by atoms with E-state index in [1.165, 1.54) is 24.3 Å². The predicted octanol–water partition coefficient (Wildman–Crippen LogP) is 3.64. The Balaban J connectivity index is 0.00000364. The maximum atomic E-state index is 12.3. The van der Waals surface area contributed by atoms with Crippen LogP contribution >= 0.6 is 46.4 Å². The Hall–Kier alpha value is -1.61. The molecule has 0 radical (unpaired) electrons. The molecule has 0 bridgehead atoms. The monoisotopic (exact) mass is 453 g/mol. The number of alkyl halides is 3. The zero-order chi connectivity index (χ0) is 19.3. The van der Waals surface area contributed by atoms with Crippen LogP contribution in [0, 0.1) is 10.1 Å². The molecule has 0 aliphatic rings. The number of halogens is 4. The third-order valence-electron chi connectivity index (χ3n) is 3.40. The van der Waals surface area contributed by atoms with Gasteiger partial charge in [-0.25, -0.2) is 0 Å². The molecule has 2 aromatic carbocycles. The number of benzene rings is 2. The Bertz CT molecular complexity index is 797. The third kappa shape index (κ3) is 6.80. The number of nitrogens with zero attached hydrogens (tertiary/aromatic N) is 1. The second-order valence-electron chi connectivity index (χ2n) is 5.22. The average molecular weight is 455 g/mol. The Labute approximate surface area is 175 Å². The van der Waals surface area contributed by atoms with Crippen molar-refractivity contribution in [1.29, 1.82) is 0 Å². The Morgan fingerprint density at radius 3 is 2.22 bits per heavy atom. The van der Waals surface area contributed by atoms with E-state index >= 15 is 0 Å². The summed E-state index contributed by atoms with van der Waals surface area (Å²) >= 11 is 23.9. The minimum Gasteiger partial charge on any atom is -0.412 e. The van der Waals surface area contributed by atoms with Crippen LogP contribution in [0.2, 0.25) is 5.02 Å². The van der Waals surface area contributed by atoms with Crippen LogP contribution in [0.25, 0.3) is 0 Å². The van der Waals surface area contributed by atoms with Gasteiger partial charge in [0.2, 0.25) is 3.79 Å². The number of rotatable bonds is 6. The molecule has 0 aromatic heterocycles. The van der Waals surface area contributed by atoms with E-state index in [0.29, 0.717) is 5.02 Å². The fourth-order valence-corrected chi connectivity index (χ4v) is 2.65. The smallest absolute Gasteiger partial charge is 0.269 e. The zero-order valence-electron chi connectivity index (χ0n) is 13.6. The molecule has 0 fully saturated rings. The van der Waals surface area contributed by atoms with Gasteiger partial charge in [-0.1, -0.05) is 64.6 Å². The Morgan fingerprint density at radius 2 is 1.70 bits per heavy atom. The molecule has 4 N–H and O–H groups in total. The molecular weight excluding hydrogens is 440 g/mol. The van der Waals surface area contributed by atoms with Crippen LogP contribution in [0.15, 0.2) is 48.5 Å². The molecule has 1 atom stereocenters. The van der Waals surface area contributed by atoms with Gasteiger partial charge < -0.3 is 10.8 Å². The highest BCUT2D eigenvalue weighted by molar-refractivity contribution is 6.68. The van der Waals surface area contributed by atoms with Crippen molar-refractivity contribution >= 4 is 58.0 Å². The van der Waals surface area contributed by atoms with Crippen molar-refractivity contribution < 1.29 is 15.2 Å². The van der Waals surface area contributed by atoms with Gasteiger partial charge in [0.25, 0.3) is 11.6 Å². The highest BCUT2D eigenvalue weighted by Crippen LogP contribution is 2.30. The van der Waals surface area contributed by atoms with Crippen molar-refractivity contribution in [2.75, 3.05) is 0 Å². The molecule has 1 unspecified atom stereocenters. The topological polar surface area (TPSA) is 116 Å². The van der Waals surface area contributed by atoms with Gasteiger partial charge in [-0.05, 0) is 23.8 Å². The number of hydrogen-bond acceptors (Lipinski definition) is 4. The first-order valence-electron chi connectivity index (χ1n) is 7.27. The number of nitro groups is 1. The number of non-ortho nitro benzene ring substituents is 1.